The molecule has 0 radical (unpaired) electrons. The van der Waals surface area contributed by atoms with Gasteiger partial charge < -0.3 is 5.32 Å². The minimum atomic E-state index is -0.495. The molecule has 0 fully saturated rings. The van der Waals surface area contributed by atoms with Crippen molar-refractivity contribution >= 4 is 15.9 Å². The molecule has 0 aliphatic carbocycles. The van der Waals surface area contributed by atoms with Gasteiger partial charge in [-0.3, -0.25) is 0 Å². The Kier molecular flexibility index (Phi) is 5.88. The van der Waals surface area contributed by atoms with E-state index in [0.29, 0.717) is 0 Å². The maximum atomic E-state index is 13.9. The van der Waals surface area contributed by atoms with E-state index in [1.54, 1.807) is 0 Å². The second-order valence-electron chi connectivity index (χ2n) is 4.93. The molecule has 0 aliphatic heterocycles. The maximum absolute atomic E-state index is 13.9. The lowest BCUT2D eigenvalue weighted by molar-refractivity contribution is 0.489. The molecule has 0 aliphatic rings. The summed E-state index contributed by atoms with van der Waals surface area (Å²) >= 11 is 3.51. The predicted octanol–water partition coefficient (Wildman–Crippen LogP) is 5.01. The Balaban J connectivity index is 2.31. The van der Waals surface area contributed by atoms with Crippen LogP contribution in [0.3, 0.4) is 0 Å². The third-order valence-corrected chi connectivity index (χ3v) is 4.11. The highest BCUT2D eigenvalue weighted by Crippen LogP contribution is 2.27. The molecule has 0 saturated carbocycles. The fourth-order valence-corrected chi connectivity index (χ4v) is 2.86. The summed E-state index contributed by atoms with van der Waals surface area (Å²) in [6.07, 6.45) is 1.24. The highest BCUT2D eigenvalue weighted by Gasteiger charge is 2.18. The van der Waals surface area contributed by atoms with Crippen molar-refractivity contribution in [1.82, 2.24) is 5.32 Å². The fourth-order valence-electron chi connectivity index (χ4n) is 2.30. The van der Waals surface area contributed by atoms with E-state index in [0.717, 1.165) is 23.0 Å². The van der Waals surface area contributed by atoms with Gasteiger partial charge in [0.2, 0.25) is 0 Å². The predicted molar refractivity (Wildman–Crippen MR) is 85.2 cm³/mol. The molecule has 1 unspecified atom stereocenters. The van der Waals surface area contributed by atoms with Crippen molar-refractivity contribution < 1.29 is 8.78 Å². The monoisotopic (exact) mass is 353 g/mol. The summed E-state index contributed by atoms with van der Waals surface area (Å²) in [6, 6.07) is 11.6. The van der Waals surface area contributed by atoms with Gasteiger partial charge in [0, 0.05) is 16.1 Å². The molecule has 0 spiro atoms. The Labute approximate surface area is 132 Å². The number of hydrogen-bond acceptors (Lipinski definition) is 1. The van der Waals surface area contributed by atoms with E-state index >= 15 is 0 Å². The summed E-state index contributed by atoms with van der Waals surface area (Å²) in [4.78, 5) is 0. The summed E-state index contributed by atoms with van der Waals surface area (Å²) < 4.78 is 28.7. The largest absolute Gasteiger partial charge is 0.310 e. The van der Waals surface area contributed by atoms with Crippen LogP contribution in [0.4, 0.5) is 8.78 Å². The van der Waals surface area contributed by atoms with Crippen LogP contribution in [0.5, 0.6) is 0 Å². The van der Waals surface area contributed by atoms with Gasteiger partial charge in [-0.25, -0.2) is 8.78 Å². The van der Waals surface area contributed by atoms with Gasteiger partial charge in [0.1, 0.15) is 11.6 Å². The Morgan fingerprint density at radius 1 is 1.05 bits per heavy atom. The average molecular weight is 354 g/mol. The first-order valence-electron chi connectivity index (χ1n) is 7.04. The fraction of sp³-hybridized carbons (Fsp3) is 0.294. The zero-order chi connectivity index (χ0) is 15.2. The first-order valence-corrected chi connectivity index (χ1v) is 7.83. The lowest BCUT2D eigenvalue weighted by Crippen LogP contribution is -2.25. The number of halogens is 3. The van der Waals surface area contributed by atoms with Gasteiger partial charge in [-0.05, 0) is 43.1 Å². The Morgan fingerprint density at radius 2 is 1.71 bits per heavy atom. The molecular weight excluding hydrogens is 336 g/mol. The van der Waals surface area contributed by atoms with Gasteiger partial charge in [-0.2, -0.15) is 0 Å². The van der Waals surface area contributed by atoms with Crippen LogP contribution in [-0.4, -0.2) is 6.54 Å². The van der Waals surface area contributed by atoms with Gasteiger partial charge >= 0.3 is 0 Å². The van der Waals surface area contributed by atoms with E-state index in [-0.39, 0.29) is 18.0 Å². The molecule has 1 N–H and O–H groups in total. The molecule has 4 heteroatoms. The summed E-state index contributed by atoms with van der Waals surface area (Å²) in [5.41, 5.74) is 1.13. The molecule has 0 amide bonds. The summed E-state index contributed by atoms with van der Waals surface area (Å²) in [5.74, 6) is -0.990. The van der Waals surface area contributed by atoms with Crippen molar-refractivity contribution in [2.45, 2.75) is 25.8 Å². The molecule has 1 atom stereocenters. The number of benzene rings is 2. The van der Waals surface area contributed by atoms with E-state index in [4.69, 9.17) is 0 Å². The maximum Gasteiger partial charge on any atom is 0.129 e. The van der Waals surface area contributed by atoms with Crippen LogP contribution in [0.15, 0.2) is 46.9 Å². The Hall–Kier alpha value is -1.26. The highest BCUT2D eigenvalue weighted by atomic mass is 79.9. The first-order chi connectivity index (χ1) is 10.1. The molecule has 112 valence electrons. The summed E-state index contributed by atoms with van der Waals surface area (Å²) in [7, 11) is 0. The number of hydrogen-bond donors (Lipinski definition) is 1. The first kappa shape index (κ1) is 16.1. The van der Waals surface area contributed by atoms with Crippen molar-refractivity contribution in [2.24, 2.45) is 0 Å². The zero-order valence-corrected chi connectivity index (χ0v) is 13.5. The SMILES string of the molecule is CCCNC(Cc1c(F)cccc1F)c1ccccc1Br. The average Bonchev–Trinajstić information content (AvgIpc) is 2.47. The molecule has 2 rings (SSSR count). The third kappa shape index (κ3) is 4.11. The standard InChI is InChI=1S/C17H18BrF2N/c1-2-10-21-17(12-6-3-4-7-14(12)18)11-13-15(19)8-5-9-16(13)20/h3-9,17,21H,2,10-11H2,1H3. The van der Waals surface area contributed by atoms with Crippen LogP contribution >= 0.6 is 15.9 Å². The zero-order valence-electron chi connectivity index (χ0n) is 11.9. The molecule has 2 aromatic rings. The van der Waals surface area contributed by atoms with Crippen LogP contribution in [-0.2, 0) is 6.42 Å². The second-order valence-corrected chi connectivity index (χ2v) is 5.79. The van der Waals surface area contributed by atoms with Crippen molar-refractivity contribution in [1.29, 1.82) is 0 Å². The van der Waals surface area contributed by atoms with Crippen LogP contribution in [0, 0.1) is 11.6 Å². The van der Waals surface area contributed by atoms with Gasteiger partial charge in [-0.15, -0.1) is 0 Å². The van der Waals surface area contributed by atoms with E-state index in [1.165, 1.54) is 18.2 Å². The summed E-state index contributed by atoms with van der Waals surface area (Å²) in [6.45, 7) is 2.86. The molecule has 0 aromatic heterocycles. The molecule has 21 heavy (non-hydrogen) atoms. The van der Waals surface area contributed by atoms with Crippen LogP contribution in [0.1, 0.15) is 30.5 Å². The molecule has 1 nitrogen and oxygen atoms in total. The molecule has 0 saturated heterocycles. The van der Waals surface area contributed by atoms with Crippen LogP contribution < -0.4 is 5.32 Å². The minimum Gasteiger partial charge on any atom is -0.310 e. The minimum absolute atomic E-state index is 0.127. The Morgan fingerprint density at radius 3 is 2.33 bits per heavy atom. The third-order valence-electron chi connectivity index (χ3n) is 3.39. The normalized spacial score (nSPS) is 12.4. The quantitative estimate of drug-likeness (QED) is 0.769. The van der Waals surface area contributed by atoms with Crippen molar-refractivity contribution in [3.05, 3.63) is 69.7 Å². The summed E-state index contributed by atoms with van der Waals surface area (Å²) in [5, 5.41) is 3.37. The number of nitrogens with one attached hydrogen (secondary N) is 1. The molecule has 0 bridgehead atoms. The smallest absolute Gasteiger partial charge is 0.129 e. The number of rotatable bonds is 6. The molecular formula is C17H18BrF2N. The van der Waals surface area contributed by atoms with E-state index < -0.39 is 11.6 Å². The van der Waals surface area contributed by atoms with E-state index in [9.17, 15) is 8.78 Å². The van der Waals surface area contributed by atoms with Gasteiger partial charge in [0.15, 0.2) is 0 Å². The van der Waals surface area contributed by atoms with Crippen molar-refractivity contribution in [2.75, 3.05) is 6.54 Å². The van der Waals surface area contributed by atoms with Gasteiger partial charge in [-0.1, -0.05) is 47.1 Å². The van der Waals surface area contributed by atoms with E-state index in [1.807, 2.05) is 24.3 Å². The van der Waals surface area contributed by atoms with E-state index in [2.05, 4.69) is 28.2 Å². The van der Waals surface area contributed by atoms with Gasteiger partial charge in [0.25, 0.3) is 0 Å². The highest BCUT2D eigenvalue weighted by molar-refractivity contribution is 9.10. The van der Waals surface area contributed by atoms with Gasteiger partial charge in [0.05, 0.1) is 0 Å². The second kappa shape index (κ2) is 7.66. The topological polar surface area (TPSA) is 12.0 Å². The lowest BCUT2D eigenvalue weighted by Gasteiger charge is -2.21. The molecule has 0 heterocycles. The molecule has 2 aromatic carbocycles. The van der Waals surface area contributed by atoms with Crippen LogP contribution in [0.25, 0.3) is 0 Å². The van der Waals surface area contributed by atoms with Crippen LogP contribution in [0.2, 0.25) is 0 Å². The van der Waals surface area contributed by atoms with Crippen molar-refractivity contribution in [3.63, 3.8) is 0 Å². The Bertz CT molecular complexity index is 581. The lowest BCUT2D eigenvalue weighted by atomic mass is 9.98. The van der Waals surface area contributed by atoms with Crippen molar-refractivity contribution in [3.8, 4) is 0 Å².